The van der Waals surface area contributed by atoms with Crippen molar-refractivity contribution in [2.45, 2.75) is 0 Å². The van der Waals surface area contributed by atoms with Crippen LogP contribution in [0.5, 0.6) is 11.5 Å². The molecule has 0 saturated heterocycles. The smallest absolute Gasteiger partial charge is 0.236 e. The highest BCUT2D eigenvalue weighted by molar-refractivity contribution is 7.92. The molecule has 8 heteroatoms. The first-order valence-electron chi connectivity index (χ1n) is 6.62. The molecule has 0 aromatic heterocycles. The molecule has 23 heavy (non-hydrogen) atoms. The van der Waals surface area contributed by atoms with Crippen LogP contribution in [-0.2, 0) is 10.0 Å². The third-order valence-electron chi connectivity index (χ3n) is 2.86. The first kappa shape index (κ1) is 17.4. The van der Waals surface area contributed by atoms with Crippen LogP contribution in [0.15, 0.2) is 42.5 Å². The highest BCUT2D eigenvalue weighted by Crippen LogP contribution is 2.28. The summed E-state index contributed by atoms with van der Waals surface area (Å²) in [4.78, 5) is 0. The number of anilines is 1. The van der Waals surface area contributed by atoms with Gasteiger partial charge in [0.25, 0.3) is 0 Å². The van der Waals surface area contributed by atoms with Gasteiger partial charge in [0.1, 0.15) is 29.7 Å². The first-order valence-corrected chi connectivity index (χ1v) is 8.65. The fourth-order valence-corrected chi connectivity index (χ4v) is 2.85. The molecule has 0 amide bonds. The molecular weight excluding hydrogens is 345 g/mol. The van der Waals surface area contributed by atoms with Crippen LogP contribution < -0.4 is 14.2 Å². The summed E-state index contributed by atoms with van der Waals surface area (Å²) < 4.78 is 49.7. The summed E-state index contributed by atoms with van der Waals surface area (Å²) in [5.41, 5.74) is 0.252. The number of methoxy groups -OCH3 is 1. The van der Waals surface area contributed by atoms with Crippen LogP contribution in [0.1, 0.15) is 0 Å². The molecule has 5 nitrogen and oxygen atoms in total. The molecule has 0 atom stereocenters. The van der Waals surface area contributed by atoms with E-state index < -0.39 is 10.0 Å². The van der Waals surface area contributed by atoms with Crippen LogP contribution >= 0.6 is 11.6 Å². The average molecular weight is 360 g/mol. The molecule has 124 valence electrons. The van der Waals surface area contributed by atoms with Crippen molar-refractivity contribution in [1.29, 1.82) is 0 Å². The Bertz CT molecular complexity index is 766. The number of nitrogens with one attached hydrogen (secondary N) is 1. The summed E-state index contributed by atoms with van der Waals surface area (Å²) in [7, 11) is -2.22. The molecule has 0 spiro atoms. The minimum absolute atomic E-state index is 0.0795. The van der Waals surface area contributed by atoms with Gasteiger partial charge >= 0.3 is 0 Å². The Morgan fingerprint density at radius 3 is 2.52 bits per heavy atom. The van der Waals surface area contributed by atoms with Crippen LogP contribution in [-0.4, -0.2) is 27.9 Å². The number of halogens is 2. The number of benzene rings is 2. The van der Waals surface area contributed by atoms with Gasteiger partial charge < -0.3 is 9.47 Å². The van der Waals surface area contributed by atoms with Crippen molar-refractivity contribution in [2.75, 3.05) is 24.2 Å². The molecule has 0 heterocycles. The predicted octanol–water partition coefficient (Wildman–Crippen LogP) is 3.31. The molecule has 2 aromatic carbocycles. The molecule has 0 fully saturated rings. The van der Waals surface area contributed by atoms with Crippen LogP contribution in [0.3, 0.4) is 0 Å². The standard InChI is InChI=1S/C15H15ClFNO4S/c1-21-15-7-2-11(16)10-14(15)18-23(19,20)9-8-22-13-5-3-12(17)4-6-13/h2-7,10,18H,8-9H2,1H3. The normalized spacial score (nSPS) is 11.1. The summed E-state index contributed by atoms with van der Waals surface area (Å²) >= 11 is 5.85. The summed E-state index contributed by atoms with van der Waals surface area (Å²) in [6.45, 7) is -0.0795. The fraction of sp³-hybridized carbons (Fsp3) is 0.200. The third kappa shape index (κ3) is 5.30. The predicted molar refractivity (Wildman–Crippen MR) is 87.3 cm³/mol. The van der Waals surface area contributed by atoms with Gasteiger partial charge in [-0.2, -0.15) is 0 Å². The van der Waals surface area contributed by atoms with E-state index in [0.717, 1.165) is 0 Å². The number of rotatable bonds is 7. The number of hydrogen-bond donors (Lipinski definition) is 1. The quantitative estimate of drug-likeness (QED) is 0.823. The van der Waals surface area contributed by atoms with Gasteiger partial charge in [-0.05, 0) is 42.5 Å². The van der Waals surface area contributed by atoms with Crippen LogP contribution in [0.2, 0.25) is 5.02 Å². The summed E-state index contributed by atoms with van der Waals surface area (Å²) in [5.74, 6) is 0.0825. The van der Waals surface area contributed by atoms with Crippen molar-refractivity contribution in [3.63, 3.8) is 0 Å². The lowest BCUT2D eigenvalue weighted by molar-refractivity contribution is 0.340. The van der Waals surface area contributed by atoms with Crippen molar-refractivity contribution in [3.05, 3.63) is 53.3 Å². The topological polar surface area (TPSA) is 64.6 Å². The minimum atomic E-state index is -3.65. The van der Waals surface area contributed by atoms with E-state index in [1.807, 2.05) is 0 Å². The lowest BCUT2D eigenvalue weighted by Crippen LogP contribution is -2.21. The summed E-state index contributed by atoms with van der Waals surface area (Å²) in [6, 6.07) is 9.94. The van der Waals surface area contributed by atoms with E-state index in [4.69, 9.17) is 21.1 Å². The fourth-order valence-electron chi connectivity index (χ4n) is 1.78. The molecule has 0 aliphatic carbocycles. The van der Waals surface area contributed by atoms with Gasteiger partial charge in [0.15, 0.2) is 0 Å². The molecule has 2 rings (SSSR count). The van der Waals surface area contributed by atoms with Crippen molar-refractivity contribution in [1.82, 2.24) is 0 Å². The van der Waals surface area contributed by atoms with Crippen molar-refractivity contribution >= 4 is 27.3 Å². The minimum Gasteiger partial charge on any atom is -0.495 e. The van der Waals surface area contributed by atoms with Crippen LogP contribution in [0, 0.1) is 5.82 Å². The van der Waals surface area contributed by atoms with E-state index in [1.165, 1.54) is 37.4 Å². The van der Waals surface area contributed by atoms with Gasteiger partial charge in [-0.1, -0.05) is 11.6 Å². The zero-order valence-electron chi connectivity index (χ0n) is 12.3. The van der Waals surface area contributed by atoms with E-state index in [2.05, 4.69) is 4.72 Å². The zero-order valence-corrected chi connectivity index (χ0v) is 13.8. The van der Waals surface area contributed by atoms with E-state index in [9.17, 15) is 12.8 Å². The molecule has 0 saturated carbocycles. The maximum Gasteiger partial charge on any atom is 0.236 e. The Morgan fingerprint density at radius 2 is 1.87 bits per heavy atom. The monoisotopic (exact) mass is 359 g/mol. The Labute approximate surface area is 139 Å². The van der Waals surface area contributed by atoms with E-state index in [1.54, 1.807) is 12.1 Å². The van der Waals surface area contributed by atoms with Gasteiger partial charge in [-0.15, -0.1) is 0 Å². The van der Waals surface area contributed by atoms with Crippen LogP contribution in [0.25, 0.3) is 0 Å². The number of sulfonamides is 1. The molecule has 0 aliphatic heterocycles. The Morgan fingerprint density at radius 1 is 1.17 bits per heavy atom. The Hall–Kier alpha value is -1.99. The van der Waals surface area contributed by atoms with Gasteiger partial charge in [-0.3, -0.25) is 4.72 Å². The first-order chi connectivity index (χ1) is 10.9. The summed E-state index contributed by atoms with van der Waals surface area (Å²) in [5, 5.41) is 0.381. The second kappa shape index (κ2) is 7.52. The number of ether oxygens (including phenoxy) is 2. The highest BCUT2D eigenvalue weighted by atomic mass is 35.5. The highest BCUT2D eigenvalue weighted by Gasteiger charge is 2.14. The van der Waals surface area contributed by atoms with Gasteiger partial charge in [0.05, 0.1) is 12.8 Å². The number of hydrogen-bond acceptors (Lipinski definition) is 4. The van der Waals surface area contributed by atoms with Gasteiger partial charge in [-0.25, -0.2) is 12.8 Å². The molecule has 1 N–H and O–H groups in total. The molecule has 0 bridgehead atoms. The third-order valence-corrected chi connectivity index (χ3v) is 4.33. The second-order valence-electron chi connectivity index (χ2n) is 4.57. The van der Waals surface area contributed by atoms with Gasteiger partial charge in [0, 0.05) is 5.02 Å². The average Bonchev–Trinajstić information content (AvgIpc) is 2.49. The largest absolute Gasteiger partial charge is 0.495 e. The maximum absolute atomic E-state index is 12.8. The molecule has 0 aliphatic rings. The molecule has 0 unspecified atom stereocenters. The van der Waals surface area contributed by atoms with Crippen molar-refractivity contribution in [2.24, 2.45) is 0 Å². The Kier molecular flexibility index (Phi) is 5.68. The van der Waals surface area contributed by atoms with Gasteiger partial charge in [0.2, 0.25) is 10.0 Å². The molecule has 2 aromatic rings. The van der Waals surface area contributed by atoms with E-state index in [0.29, 0.717) is 16.5 Å². The second-order valence-corrected chi connectivity index (χ2v) is 6.85. The zero-order chi connectivity index (χ0) is 16.9. The molecular formula is C15H15ClFNO4S. The molecule has 0 radical (unpaired) electrons. The van der Waals surface area contributed by atoms with E-state index in [-0.39, 0.29) is 23.9 Å². The lowest BCUT2D eigenvalue weighted by Gasteiger charge is -2.12. The van der Waals surface area contributed by atoms with Crippen molar-refractivity contribution < 1.29 is 22.3 Å². The van der Waals surface area contributed by atoms with Crippen molar-refractivity contribution in [3.8, 4) is 11.5 Å². The van der Waals surface area contributed by atoms with E-state index >= 15 is 0 Å². The maximum atomic E-state index is 12.8. The Balaban J connectivity index is 1.97. The van der Waals surface area contributed by atoms with Crippen LogP contribution in [0.4, 0.5) is 10.1 Å². The summed E-state index contributed by atoms with van der Waals surface area (Å²) in [6.07, 6.45) is 0. The SMILES string of the molecule is COc1ccc(Cl)cc1NS(=O)(=O)CCOc1ccc(F)cc1. The lowest BCUT2D eigenvalue weighted by atomic mass is 10.3.